The molecule has 0 radical (unpaired) electrons. The number of esters is 1. The first-order valence-electron chi connectivity index (χ1n) is 8.36. The van der Waals surface area contributed by atoms with E-state index in [1.165, 1.54) is 25.1 Å². The van der Waals surface area contributed by atoms with Crippen LogP contribution in [0.5, 0.6) is 0 Å². The molecule has 1 heterocycles. The highest BCUT2D eigenvalue weighted by Gasteiger charge is 2.36. The number of H-pyrrole nitrogens is 1. The van der Waals surface area contributed by atoms with E-state index in [1.807, 2.05) is 0 Å². The molecule has 1 aliphatic carbocycles. The van der Waals surface area contributed by atoms with Crippen LogP contribution in [0.15, 0.2) is 36.4 Å². The van der Waals surface area contributed by atoms with Crippen LogP contribution in [0.4, 0.5) is 13.2 Å². The number of rotatable bonds is 3. The lowest BCUT2D eigenvalue weighted by atomic mass is 9.75. The predicted molar refractivity (Wildman–Crippen MR) is 91.1 cm³/mol. The van der Waals surface area contributed by atoms with Gasteiger partial charge in [-0.25, -0.2) is 13.2 Å². The standard InChI is InChI=1S/C20H16F3NO2/c1-10(25)26-15-6-12(7-15)18-16-8-14(22)9-17(23)20(16)24-19(18)11-2-4-13(21)5-3-11/h2-5,8-9,12,15,24H,6-7H2,1H3. The van der Waals surface area contributed by atoms with Crippen molar-refractivity contribution in [2.45, 2.75) is 31.8 Å². The second-order valence-corrected chi connectivity index (χ2v) is 6.63. The zero-order valence-electron chi connectivity index (χ0n) is 14.0. The first-order chi connectivity index (χ1) is 12.4. The molecular weight excluding hydrogens is 343 g/mol. The number of hydrogen-bond donors (Lipinski definition) is 1. The molecule has 0 bridgehead atoms. The van der Waals surface area contributed by atoms with Crippen LogP contribution in [-0.2, 0) is 9.53 Å². The molecule has 1 saturated carbocycles. The fourth-order valence-electron chi connectivity index (χ4n) is 3.64. The summed E-state index contributed by atoms with van der Waals surface area (Å²) in [5.74, 6) is -2.05. The Morgan fingerprint density at radius 1 is 1.08 bits per heavy atom. The summed E-state index contributed by atoms with van der Waals surface area (Å²) >= 11 is 0. The minimum absolute atomic E-state index is 0.00523. The molecule has 0 aliphatic heterocycles. The van der Waals surface area contributed by atoms with Gasteiger partial charge in [-0.3, -0.25) is 4.79 Å². The van der Waals surface area contributed by atoms with Crippen molar-refractivity contribution >= 4 is 16.9 Å². The Kier molecular flexibility index (Phi) is 3.98. The summed E-state index contributed by atoms with van der Waals surface area (Å²) in [5, 5.41) is 0.466. The summed E-state index contributed by atoms with van der Waals surface area (Å²) in [6, 6.07) is 7.98. The van der Waals surface area contributed by atoms with Crippen molar-refractivity contribution in [1.29, 1.82) is 0 Å². The first kappa shape index (κ1) is 16.7. The lowest BCUT2D eigenvalue weighted by Crippen LogP contribution is -2.31. The van der Waals surface area contributed by atoms with E-state index in [0.717, 1.165) is 11.6 Å². The van der Waals surface area contributed by atoms with Crippen LogP contribution in [-0.4, -0.2) is 17.1 Å². The zero-order valence-corrected chi connectivity index (χ0v) is 14.0. The molecule has 26 heavy (non-hydrogen) atoms. The highest BCUT2D eigenvalue weighted by atomic mass is 19.1. The molecule has 1 aromatic heterocycles. The smallest absolute Gasteiger partial charge is 0.302 e. The van der Waals surface area contributed by atoms with E-state index in [9.17, 15) is 18.0 Å². The first-order valence-corrected chi connectivity index (χ1v) is 8.36. The Labute approximate surface area is 147 Å². The van der Waals surface area contributed by atoms with Gasteiger partial charge < -0.3 is 9.72 Å². The molecular formula is C20H16F3NO2. The summed E-state index contributed by atoms with van der Waals surface area (Å²) in [6.07, 6.45) is 0.972. The lowest BCUT2D eigenvalue weighted by Gasteiger charge is -2.35. The van der Waals surface area contributed by atoms with Gasteiger partial charge in [0, 0.05) is 18.4 Å². The lowest BCUT2D eigenvalue weighted by molar-refractivity contribution is -0.151. The maximum atomic E-state index is 14.3. The molecule has 0 unspecified atom stereocenters. The van der Waals surface area contributed by atoms with Crippen LogP contribution in [0.3, 0.4) is 0 Å². The average molecular weight is 359 g/mol. The van der Waals surface area contributed by atoms with Gasteiger partial charge in [-0.1, -0.05) is 0 Å². The summed E-state index contributed by atoms with van der Waals surface area (Å²) in [7, 11) is 0. The number of halogens is 3. The maximum Gasteiger partial charge on any atom is 0.302 e. The molecule has 3 aromatic rings. The van der Waals surface area contributed by atoms with Gasteiger partial charge in [0.1, 0.15) is 23.6 Å². The van der Waals surface area contributed by atoms with Crippen molar-refractivity contribution in [2.24, 2.45) is 0 Å². The Morgan fingerprint density at radius 3 is 2.42 bits per heavy atom. The van der Waals surface area contributed by atoms with E-state index in [0.29, 0.717) is 29.5 Å². The van der Waals surface area contributed by atoms with E-state index in [4.69, 9.17) is 4.74 Å². The monoisotopic (exact) mass is 359 g/mol. The quantitative estimate of drug-likeness (QED) is 0.664. The van der Waals surface area contributed by atoms with E-state index >= 15 is 0 Å². The minimum atomic E-state index is -0.675. The Morgan fingerprint density at radius 2 is 1.77 bits per heavy atom. The summed E-state index contributed by atoms with van der Waals surface area (Å²) in [4.78, 5) is 14.1. The molecule has 1 aliphatic rings. The third kappa shape index (κ3) is 2.85. The molecule has 0 saturated heterocycles. The van der Waals surface area contributed by atoms with Gasteiger partial charge in [-0.05, 0) is 60.2 Å². The number of aromatic nitrogens is 1. The molecule has 0 amide bonds. The van der Waals surface area contributed by atoms with Crippen LogP contribution in [0.1, 0.15) is 31.2 Å². The molecule has 4 rings (SSSR count). The summed E-state index contributed by atoms with van der Waals surface area (Å²) < 4.78 is 46.5. The van der Waals surface area contributed by atoms with E-state index in [1.54, 1.807) is 12.1 Å². The third-order valence-electron chi connectivity index (χ3n) is 4.83. The fourth-order valence-corrected chi connectivity index (χ4v) is 3.64. The Hall–Kier alpha value is -2.76. The number of carbonyl (C=O) groups excluding carboxylic acids is 1. The number of carbonyl (C=O) groups is 1. The number of benzene rings is 2. The number of nitrogens with one attached hydrogen (secondary N) is 1. The van der Waals surface area contributed by atoms with E-state index in [-0.39, 0.29) is 29.3 Å². The molecule has 1 N–H and O–H groups in total. The highest BCUT2D eigenvalue weighted by molar-refractivity contribution is 5.92. The largest absolute Gasteiger partial charge is 0.463 e. The highest BCUT2D eigenvalue weighted by Crippen LogP contribution is 2.46. The van der Waals surface area contributed by atoms with Crippen LogP contribution in [0.2, 0.25) is 0 Å². The minimum Gasteiger partial charge on any atom is -0.463 e. The van der Waals surface area contributed by atoms with E-state index < -0.39 is 11.6 Å². The van der Waals surface area contributed by atoms with Crippen molar-refractivity contribution in [2.75, 3.05) is 0 Å². The SMILES string of the molecule is CC(=O)OC1CC(c2c(-c3ccc(F)cc3)[nH]c3c(F)cc(F)cc23)C1. The molecule has 1 fully saturated rings. The summed E-state index contributed by atoms with van der Waals surface area (Å²) in [5.41, 5.74) is 2.31. The summed E-state index contributed by atoms with van der Waals surface area (Å²) in [6.45, 7) is 1.35. The number of aromatic amines is 1. The van der Waals surface area contributed by atoms with Crippen molar-refractivity contribution < 1.29 is 22.7 Å². The van der Waals surface area contributed by atoms with Gasteiger partial charge in [-0.15, -0.1) is 0 Å². The number of hydrogen-bond acceptors (Lipinski definition) is 2. The van der Waals surface area contributed by atoms with Crippen molar-refractivity contribution in [3.63, 3.8) is 0 Å². The Balaban J connectivity index is 1.82. The average Bonchev–Trinajstić information content (AvgIpc) is 2.90. The number of ether oxygens (including phenoxy) is 1. The normalized spacial score (nSPS) is 19.4. The predicted octanol–water partition coefficient (Wildman–Crippen LogP) is 5.06. The second-order valence-electron chi connectivity index (χ2n) is 6.63. The van der Waals surface area contributed by atoms with Gasteiger partial charge in [0.15, 0.2) is 0 Å². The van der Waals surface area contributed by atoms with Gasteiger partial charge >= 0.3 is 5.97 Å². The second kappa shape index (κ2) is 6.20. The zero-order chi connectivity index (χ0) is 18.4. The van der Waals surface area contributed by atoms with Gasteiger partial charge in [0.25, 0.3) is 0 Å². The van der Waals surface area contributed by atoms with Crippen LogP contribution < -0.4 is 0 Å². The topological polar surface area (TPSA) is 42.1 Å². The van der Waals surface area contributed by atoms with Crippen molar-refractivity contribution in [3.8, 4) is 11.3 Å². The fraction of sp³-hybridized carbons (Fsp3) is 0.250. The third-order valence-corrected chi connectivity index (χ3v) is 4.83. The maximum absolute atomic E-state index is 14.3. The molecule has 0 atom stereocenters. The molecule has 2 aromatic carbocycles. The molecule has 3 nitrogen and oxygen atoms in total. The van der Waals surface area contributed by atoms with Crippen LogP contribution in [0, 0.1) is 17.5 Å². The van der Waals surface area contributed by atoms with E-state index in [2.05, 4.69) is 4.98 Å². The molecule has 6 heteroatoms. The Bertz CT molecular complexity index is 988. The number of fused-ring (bicyclic) bond motifs is 1. The van der Waals surface area contributed by atoms with Gasteiger partial charge in [-0.2, -0.15) is 0 Å². The van der Waals surface area contributed by atoms with Crippen molar-refractivity contribution in [3.05, 3.63) is 59.4 Å². The van der Waals surface area contributed by atoms with Crippen molar-refractivity contribution in [1.82, 2.24) is 4.98 Å². The van der Waals surface area contributed by atoms with Gasteiger partial charge in [0.2, 0.25) is 0 Å². The van der Waals surface area contributed by atoms with Gasteiger partial charge in [0.05, 0.1) is 11.2 Å². The van der Waals surface area contributed by atoms with Crippen LogP contribution in [0.25, 0.3) is 22.2 Å². The molecule has 0 spiro atoms. The van der Waals surface area contributed by atoms with Crippen LogP contribution >= 0.6 is 0 Å². The molecule has 134 valence electrons.